The number of nitrogens with zero attached hydrogens (tertiary/aromatic N) is 1. The van der Waals surface area contributed by atoms with Gasteiger partial charge in [0.15, 0.2) is 0 Å². The minimum absolute atomic E-state index is 0.503. The Morgan fingerprint density at radius 3 is 1.41 bits per heavy atom. The highest BCUT2D eigenvalue weighted by molar-refractivity contribution is 6.08. The van der Waals surface area contributed by atoms with Gasteiger partial charge < -0.3 is 9.32 Å². The second kappa shape index (κ2) is 13.7. The molecule has 0 saturated carbocycles. The number of furan rings is 1. The van der Waals surface area contributed by atoms with Crippen LogP contribution in [0.4, 0.5) is 17.1 Å². The molecular formula is C56H39NO. The van der Waals surface area contributed by atoms with E-state index in [4.69, 9.17) is 4.42 Å². The van der Waals surface area contributed by atoms with Gasteiger partial charge in [-0.05, 0) is 117 Å². The number of benzene rings is 9. The van der Waals surface area contributed by atoms with Crippen LogP contribution in [0.25, 0.3) is 66.4 Å². The number of hydrogen-bond acceptors (Lipinski definition) is 2. The van der Waals surface area contributed by atoms with Crippen molar-refractivity contribution in [3.8, 4) is 44.5 Å². The Hall–Kier alpha value is -7.42. The molecule has 2 nitrogen and oxygen atoms in total. The third-order valence-corrected chi connectivity index (χ3v) is 12.1. The second-order valence-electron chi connectivity index (χ2n) is 15.4. The molecule has 0 aliphatic heterocycles. The fourth-order valence-electron chi connectivity index (χ4n) is 9.28. The van der Waals surface area contributed by atoms with E-state index in [1.54, 1.807) is 0 Å². The maximum atomic E-state index is 6.72. The molecule has 0 saturated heterocycles. The summed E-state index contributed by atoms with van der Waals surface area (Å²) in [5, 5.41) is 2.19. The van der Waals surface area contributed by atoms with Crippen LogP contribution in [0, 0.1) is 0 Å². The van der Waals surface area contributed by atoms with Crippen LogP contribution in [0.2, 0.25) is 0 Å². The molecule has 1 aliphatic rings. The van der Waals surface area contributed by atoms with Crippen LogP contribution in [-0.2, 0) is 5.41 Å². The minimum Gasteiger partial charge on any atom is -0.456 e. The Labute approximate surface area is 338 Å². The predicted octanol–water partition coefficient (Wildman–Crippen LogP) is 15.4. The predicted molar refractivity (Wildman–Crippen MR) is 242 cm³/mol. The molecule has 9 aromatic carbocycles. The highest BCUT2D eigenvalue weighted by atomic mass is 16.3. The smallest absolute Gasteiger partial charge is 0.135 e. The molecule has 0 spiro atoms. The van der Waals surface area contributed by atoms with Crippen LogP contribution >= 0.6 is 0 Å². The van der Waals surface area contributed by atoms with Crippen LogP contribution in [-0.4, -0.2) is 0 Å². The lowest BCUT2D eigenvalue weighted by Crippen LogP contribution is -2.26. The first kappa shape index (κ1) is 33.9. The summed E-state index contributed by atoms with van der Waals surface area (Å²) in [4.78, 5) is 2.49. The van der Waals surface area contributed by atoms with Gasteiger partial charge in [-0.15, -0.1) is 0 Å². The quantitative estimate of drug-likeness (QED) is 0.162. The van der Waals surface area contributed by atoms with Gasteiger partial charge >= 0.3 is 0 Å². The summed E-state index contributed by atoms with van der Waals surface area (Å²) >= 11 is 0. The summed E-state index contributed by atoms with van der Waals surface area (Å²) in [7, 11) is 0. The molecule has 11 rings (SSSR count). The number of anilines is 3. The van der Waals surface area contributed by atoms with E-state index in [-0.39, 0.29) is 0 Å². The number of para-hydroxylation sites is 1. The van der Waals surface area contributed by atoms with E-state index in [1.165, 1.54) is 50.1 Å². The lowest BCUT2D eigenvalue weighted by Gasteiger charge is -2.35. The van der Waals surface area contributed by atoms with Crippen LogP contribution in [0.15, 0.2) is 223 Å². The van der Waals surface area contributed by atoms with Crippen LogP contribution in [0.1, 0.15) is 23.6 Å². The van der Waals surface area contributed by atoms with Crippen LogP contribution < -0.4 is 4.90 Å². The van der Waals surface area contributed by atoms with Crippen molar-refractivity contribution in [2.75, 3.05) is 4.90 Å². The fourth-order valence-corrected chi connectivity index (χ4v) is 9.28. The van der Waals surface area contributed by atoms with E-state index >= 15 is 0 Å². The first-order valence-electron chi connectivity index (χ1n) is 20.0. The summed E-state index contributed by atoms with van der Waals surface area (Å²) < 4.78 is 6.72. The molecule has 1 heterocycles. The number of hydrogen-bond donors (Lipinski definition) is 0. The molecule has 0 unspecified atom stereocenters. The highest BCUT2D eigenvalue weighted by Gasteiger charge is 2.43. The SMILES string of the molecule is CC1(c2cc3oc4ccccc4c3cc2N(c2ccc(-c3ccccc3)cc2)c2cc(-c3ccccc3)cc(-c3ccccc3)c2)c2ccccc2-c2ccccc21. The molecule has 0 N–H and O–H groups in total. The Balaban J connectivity index is 1.25. The van der Waals surface area contributed by atoms with Crippen molar-refractivity contribution < 1.29 is 4.42 Å². The third-order valence-electron chi connectivity index (χ3n) is 12.1. The monoisotopic (exact) mass is 741 g/mol. The molecule has 0 amide bonds. The molecule has 0 radical (unpaired) electrons. The van der Waals surface area contributed by atoms with Gasteiger partial charge in [0.1, 0.15) is 11.2 Å². The topological polar surface area (TPSA) is 16.4 Å². The Kier molecular flexibility index (Phi) is 7.97. The van der Waals surface area contributed by atoms with Gasteiger partial charge in [0.2, 0.25) is 0 Å². The number of fused-ring (bicyclic) bond motifs is 6. The molecule has 2 heteroatoms. The first-order valence-corrected chi connectivity index (χ1v) is 20.0. The van der Waals surface area contributed by atoms with Gasteiger partial charge in [0.25, 0.3) is 0 Å². The molecule has 58 heavy (non-hydrogen) atoms. The largest absolute Gasteiger partial charge is 0.456 e. The van der Waals surface area contributed by atoms with Crippen molar-refractivity contribution in [3.05, 3.63) is 235 Å². The minimum atomic E-state index is -0.503. The van der Waals surface area contributed by atoms with Gasteiger partial charge in [-0.25, -0.2) is 0 Å². The highest BCUT2D eigenvalue weighted by Crippen LogP contribution is 2.56. The van der Waals surface area contributed by atoms with Crippen molar-refractivity contribution in [2.45, 2.75) is 12.3 Å². The van der Waals surface area contributed by atoms with Crippen LogP contribution in [0.5, 0.6) is 0 Å². The summed E-state index contributed by atoms with van der Waals surface area (Å²) in [6, 6.07) is 79.1. The molecule has 1 aromatic heterocycles. The molecule has 0 bridgehead atoms. The zero-order valence-electron chi connectivity index (χ0n) is 32.1. The van der Waals surface area contributed by atoms with E-state index in [0.29, 0.717) is 0 Å². The first-order chi connectivity index (χ1) is 28.6. The maximum absolute atomic E-state index is 6.72. The average Bonchev–Trinajstić information content (AvgIpc) is 3.80. The fraction of sp³-hybridized carbons (Fsp3) is 0.0357. The summed E-state index contributed by atoms with van der Waals surface area (Å²) in [5.74, 6) is 0. The van der Waals surface area contributed by atoms with Gasteiger partial charge in [0.05, 0.1) is 5.69 Å². The molecule has 274 valence electrons. The zero-order chi connectivity index (χ0) is 38.6. The lowest BCUT2D eigenvalue weighted by molar-refractivity contribution is 0.662. The van der Waals surface area contributed by atoms with Crippen molar-refractivity contribution in [1.82, 2.24) is 0 Å². The van der Waals surface area contributed by atoms with Gasteiger partial charge in [0, 0.05) is 27.6 Å². The third kappa shape index (κ3) is 5.49. The number of rotatable bonds is 7. The maximum Gasteiger partial charge on any atom is 0.135 e. The summed E-state index contributed by atoms with van der Waals surface area (Å²) in [6.45, 7) is 2.40. The van der Waals surface area contributed by atoms with E-state index in [9.17, 15) is 0 Å². The van der Waals surface area contributed by atoms with Crippen molar-refractivity contribution >= 4 is 39.0 Å². The summed E-state index contributed by atoms with van der Waals surface area (Å²) in [5.41, 5.74) is 17.8. The molecular weight excluding hydrogens is 703 g/mol. The van der Waals surface area contributed by atoms with E-state index in [0.717, 1.165) is 50.1 Å². The lowest BCUT2D eigenvalue weighted by atomic mass is 9.73. The molecule has 0 fully saturated rings. The zero-order valence-corrected chi connectivity index (χ0v) is 32.1. The summed E-state index contributed by atoms with van der Waals surface area (Å²) in [6.07, 6.45) is 0. The van der Waals surface area contributed by atoms with E-state index < -0.39 is 5.41 Å². The second-order valence-corrected chi connectivity index (χ2v) is 15.4. The molecule has 10 aromatic rings. The van der Waals surface area contributed by atoms with E-state index in [1.807, 2.05) is 0 Å². The van der Waals surface area contributed by atoms with Gasteiger partial charge in [-0.3, -0.25) is 0 Å². The standard InChI is InChI=1S/C56H39NO/c1-56(50-26-14-11-23-46(50)47-24-12-15-27-51(47)56)52-37-55-49(48-25-13-16-28-54(48)58-55)36-53(52)57(44-31-29-41(30-32-44)38-17-5-2-6-18-38)45-34-42(39-19-7-3-8-20-39)33-43(35-45)40-21-9-4-10-22-40/h2-37H,1H3. The molecule has 0 atom stereocenters. The average molecular weight is 742 g/mol. The molecule has 1 aliphatic carbocycles. The van der Waals surface area contributed by atoms with Crippen molar-refractivity contribution in [3.63, 3.8) is 0 Å². The van der Waals surface area contributed by atoms with Crippen molar-refractivity contribution in [2.24, 2.45) is 0 Å². The van der Waals surface area contributed by atoms with Gasteiger partial charge in [-0.2, -0.15) is 0 Å². The Morgan fingerprint density at radius 2 is 0.828 bits per heavy atom. The Morgan fingerprint density at radius 1 is 0.345 bits per heavy atom. The van der Waals surface area contributed by atoms with Gasteiger partial charge in [-0.1, -0.05) is 170 Å². The van der Waals surface area contributed by atoms with Crippen LogP contribution in [0.3, 0.4) is 0 Å². The van der Waals surface area contributed by atoms with Crippen molar-refractivity contribution in [1.29, 1.82) is 0 Å². The van der Waals surface area contributed by atoms with E-state index in [2.05, 4.69) is 230 Å². The normalized spacial score (nSPS) is 12.7. The Bertz CT molecular complexity index is 3000.